The van der Waals surface area contributed by atoms with E-state index in [0.29, 0.717) is 18.8 Å². The fourth-order valence-corrected chi connectivity index (χ4v) is 3.41. The van der Waals surface area contributed by atoms with Crippen molar-refractivity contribution in [1.29, 1.82) is 0 Å². The molecule has 0 atom stereocenters. The highest BCUT2D eigenvalue weighted by Gasteiger charge is 2.19. The summed E-state index contributed by atoms with van der Waals surface area (Å²) in [5.41, 5.74) is 1.14. The second-order valence-corrected chi connectivity index (χ2v) is 6.65. The van der Waals surface area contributed by atoms with Crippen LogP contribution >= 0.6 is 27.7 Å². The number of hydrogen-bond donors (Lipinski definition) is 1. The minimum Gasteiger partial charge on any atom is -0.354 e. The summed E-state index contributed by atoms with van der Waals surface area (Å²) in [7, 11) is 0. The van der Waals surface area contributed by atoms with E-state index in [0.717, 1.165) is 21.4 Å². The van der Waals surface area contributed by atoms with Gasteiger partial charge in [0.15, 0.2) is 0 Å². The van der Waals surface area contributed by atoms with Gasteiger partial charge in [-0.05, 0) is 37.1 Å². The molecule has 0 spiro atoms. The van der Waals surface area contributed by atoms with Gasteiger partial charge in [-0.1, -0.05) is 15.9 Å². The molecule has 1 aliphatic heterocycles. The van der Waals surface area contributed by atoms with Crippen LogP contribution in [0.1, 0.15) is 12.0 Å². The van der Waals surface area contributed by atoms with Gasteiger partial charge in [-0.2, -0.15) is 0 Å². The first-order chi connectivity index (χ1) is 9.56. The second-order valence-electron chi connectivity index (χ2n) is 4.72. The van der Waals surface area contributed by atoms with Gasteiger partial charge >= 0.3 is 0 Å². The molecule has 6 heteroatoms. The molecule has 1 fully saturated rings. The summed E-state index contributed by atoms with van der Waals surface area (Å²) >= 11 is 4.95. The van der Waals surface area contributed by atoms with Crippen molar-refractivity contribution in [3.63, 3.8) is 0 Å². The number of benzene rings is 1. The molecule has 0 aliphatic carbocycles. The summed E-state index contributed by atoms with van der Waals surface area (Å²) in [4.78, 5) is 26.4. The molecule has 1 N–H and O–H groups in total. The summed E-state index contributed by atoms with van der Waals surface area (Å²) in [6, 6.07) is 6.01. The molecule has 1 saturated heterocycles. The Morgan fingerprint density at radius 1 is 1.50 bits per heavy atom. The molecule has 1 heterocycles. The Bertz CT molecular complexity index is 522. The molecule has 1 aromatic rings. The first-order valence-corrected chi connectivity index (χ1v) is 8.27. The maximum absolute atomic E-state index is 12.2. The van der Waals surface area contributed by atoms with Crippen LogP contribution in [-0.4, -0.2) is 42.1 Å². The highest BCUT2D eigenvalue weighted by Crippen LogP contribution is 2.25. The van der Waals surface area contributed by atoms with Crippen molar-refractivity contribution in [3.05, 3.63) is 28.2 Å². The first-order valence-electron chi connectivity index (χ1n) is 6.49. The van der Waals surface area contributed by atoms with Crippen molar-refractivity contribution in [2.45, 2.75) is 18.2 Å². The van der Waals surface area contributed by atoms with E-state index >= 15 is 0 Å². The summed E-state index contributed by atoms with van der Waals surface area (Å²) in [5.74, 6) is 0.325. The van der Waals surface area contributed by atoms with Crippen LogP contribution < -0.4 is 5.32 Å². The predicted octanol–water partition coefficient (Wildman–Crippen LogP) is 2.20. The van der Waals surface area contributed by atoms with Crippen molar-refractivity contribution < 1.29 is 9.59 Å². The fraction of sp³-hybridized carbons (Fsp3) is 0.429. The van der Waals surface area contributed by atoms with Gasteiger partial charge in [0.2, 0.25) is 11.8 Å². The molecule has 0 radical (unpaired) electrons. The Balaban J connectivity index is 1.92. The standard InChI is InChI=1S/C14H17BrN2O2S/c1-10-7-11(15)3-4-12(10)20-9-14(19)17-6-2-5-16-13(18)8-17/h3-4,7H,2,5-6,8-9H2,1H3,(H,16,18). The van der Waals surface area contributed by atoms with Crippen molar-refractivity contribution in [2.75, 3.05) is 25.4 Å². The van der Waals surface area contributed by atoms with E-state index in [4.69, 9.17) is 0 Å². The topological polar surface area (TPSA) is 49.4 Å². The van der Waals surface area contributed by atoms with Gasteiger partial charge in [-0.15, -0.1) is 11.8 Å². The lowest BCUT2D eigenvalue weighted by atomic mass is 10.2. The Hall–Kier alpha value is -1.01. The van der Waals surface area contributed by atoms with Crippen LogP contribution in [0.5, 0.6) is 0 Å². The fourth-order valence-electron chi connectivity index (χ4n) is 2.02. The molecule has 0 saturated carbocycles. The molecular formula is C14H17BrN2O2S. The van der Waals surface area contributed by atoms with Gasteiger partial charge < -0.3 is 10.2 Å². The molecule has 0 bridgehead atoms. The van der Waals surface area contributed by atoms with Gasteiger partial charge in [0, 0.05) is 22.5 Å². The van der Waals surface area contributed by atoms with Gasteiger partial charge in [0.05, 0.1) is 12.3 Å². The van der Waals surface area contributed by atoms with E-state index < -0.39 is 0 Å². The van der Waals surface area contributed by atoms with E-state index in [2.05, 4.69) is 21.2 Å². The van der Waals surface area contributed by atoms with Crippen molar-refractivity contribution in [3.8, 4) is 0 Å². The van der Waals surface area contributed by atoms with Crippen molar-refractivity contribution in [1.82, 2.24) is 10.2 Å². The number of rotatable bonds is 3. The molecule has 1 aromatic carbocycles. The van der Waals surface area contributed by atoms with Crippen molar-refractivity contribution in [2.24, 2.45) is 0 Å². The van der Waals surface area contributed by atoms with Crippen LogP contribution in [-0.2, 0) is 9.59 Å². The van der Waals surface area contributed by atoms with Crippen LogP contribution in [0.4, 0.5) is 0 Å². The first kappa shape index (κ1) is 15.4. The Labute approximate surface area is 131 Å². The molecule has 108 valence electrons. The highest BCUT2D eigenvalue weighted by atomic mass is 79.9. The number of carbonyl (C=O) groups is 2. The van der Waals surface area contributed by atoms with Crippen LogP contribution in [0, 0.1) is 6.92 Å². The molecule has 2 amide bonds. The third-order valence-corrected chi connectivity index (χ3v) is 4.76. The summed E-state index contributed by atoms with van der Waals surface area (Å²) < 4.78 is 1.04. The van der Waals surface area contributed by atoms with Crippen LogP contribution in [0.2, 0.25) is 0 Å². The number of hydrogen-bond acceptors (Lipinski definition) is 3. The molecule has 1 aliphatic rings. The average molecular weight is 357 g/mol. The largest absolute Gasteiger partial charge is 0.354 e. The normalized spacial score (nSPS) is 15.7. The van der Waals surface area contributed by atoms with E-state index in [1.165, 1.54) is 11.8 Å². The van der Waals surface area contributed by atoms with Gasteiger partial charge in [-0.25, -0.2) is 0 Å². The van der Waals surface area contributed by atoms with E-state index in [-0.39, 0.29) is 18.4 Å². The number of halogens is 1. The maximum Gasteiger partial charge on any atom is 0.239 e. The molecule has 0 aromatic heterocycles. The zero-order valence-electron chi connectivity index (χ0n) is 11.3. The van der Waals surface area contributed by atoms with Crippen molar-refractivity contribution >= 4 is 39.5 Å². The quantitative estimate of drug-likeness (QED) is 0.844. The van der Waals surface area contributed by atoms with Crippen LogP contribution in [0.3, 0.4) is 0 Å². The zero-order valence-corrected chi connectivity index (χ0v) is 13.7. The van der Waals surface area contributed by atoms with Gasteiger partial charge in [-0.3, -0.25) is 9.59 Å². The number of nitrogens with zero attached hydrogens (tertiary/aromatic N) is 1. The predicted molar refractivity (Wildman–Crippen MR) is 83.8 cm³/mol. The maximum atomic E-state index is 12.2. The number of thioether (sulfide) groups is 1. The molecule has 20 heavy (non-hydrogen) atoms. The molecule has 4 nitrogen and oxygen atoms in total. The lowest BCUT2D eigenvalue weighted by Gasteiger charge is -2.18. The third kappa shape index (κ3) is 4.24. The van der Waals surface area contributed by atoms with Gasteiger partial charge in [0.1, 0.15) is 0 Å². The Morgan fingerprint density at radius 2 is 2.30 bits per heavy atom. The summed E-state index contributed by atoms with van der Waals surface area (Å²) in [6.45, 7) is 3.51. The number of carbonyl (C=O) groups excluding carboxylic acids is 2. The molecular weight excluding hydrogens is 340 g/mol. The van der Waals surface area contributed by atoms with Crippen LogP contribution in [0.15, 0.2) is 27.6 Å². The van der Waals surface area contributed by atoms with E-state index in [1.54, 1.807) is 4.90 Å². The van der Waals surface area contributed by atoms with E-state index in [9.17, 15) is 9.59 Å². The monoisotopic (exact) mass is 356 g/mol. The van der Waals surface area contributed by atoms with Gasteiger partial charge in [0.25, 0.3) is 0 Å². The Morgan fingerprint density at radius 3 is 3.05 bits per heavy atom. The second kappa shape index (κ2) is 7.13. The molecule has 0 unspecified atom stereocenters. The number of aryl methyl sites for hydroxylation is 1. The highest BCUT2D eigenvalue weighted by molar-refractivity contribution is 9.10. The molecule has 2 rings (SSSR count). The lowest BCUT2D eigenvalue weighted by Crippen LogP contribution is -2.38. The average Bonchev–Trinajstić information content (AvgIpc) is 2.62. The minimum atomic E-state index is -0.0688. The third-order valence-electron chi connectivity index (χ3n) is 3.10. The Kier molecular flexibility index (Phi) is 5.48. The minimum absolute atomic E-state index is 0.0226. The zero-order chi connectivity index (χ0) is 14.5. The lowest BCUT2D eigenvalue weighted by molar-refractivity contribution is -0.133. The van der Waals surface area contributed by atoms with E-state index in [1.807, 2.05) is 25.1 Å². The SMILES string of the molecule is Cc1cc(Br)ccc1SCC(=O)N1CCCNC(=O)C1. The summed E-state index contributed by atoms with van der Waals surface area (Å²) in [5, 5.41) is 2.77. The number of amides is 2. The smallest absolute Gasteiger partial charge is 0.239 e. The summed E-state index contributed by atoms with van der Waals surface area (Å²) in [6.07, 6.45) is 0.819. The number of nitrogens with one attached hydrogen (secondary N) is 1. The van der Waals surface area contributed by atoms with Crippen LogP contribution in [0.25, 0.3) is 0 Å².